The van der Waals surface area contributed by atoms with Crippen LogP contribution in [0.15, 0.2) is 0 Å². The molecule has 0 aromatic heterocycles. The lowest BCUT2D eigenvalue weighted by Gasteiger charge is -2.04. The number of sulfonamides is 1. The first-order chi connectivity index (χ1) is 6.08. The molecule has 0 aromatic carbocycles. The number of hydrogen-bond acceptors (Lipinski definition) is 3. The van der Waals surface area contributed by atoms with Gasteiger partial charge in [0.2, 0.25) is 10.0 Å². The fourth-order valence-electron chi connectivity index (χ4n) is 2.32. The number of hydrogen-bond donors (Lipinski definition) is 2. The van der Waals surface area contributed by atoms with E-state index in [1.54, 1.807) is 0 Å². The SMILES string of the molecule is CS(=O)(=O)NC1[C@H]2CCNCC[C@@H]12. The van der Waals surface area contributed by atoms with Crippen molar-refractivity contribution in [3.05, 3.63) is 0 Å². The maximum atomic E-state index is 11.0. The van der Waals surface area contributed by atoms with E-state index in [9.17, 15) is 8.42 Å². The summed E-state index contributed by atoms with van der Waals surface area (Å²) in [5.74, 6) is 1.18. The zero-order valence-corrected chi connectivity index (χ0v) is 8.60. The molecule has 1 saturated carbocycles. The van der Waals surface area contributed by atoms with Crippen molar-refractivity contribution in [1.29, 1.82) is 0 Å². The Hall–Kier alpha value is -0.130. The molecule has 2 fully saturated rings. The van der Waals surface area contributed by atoms with E-state index in [4.69, 9.17) is 0 Å². The van der Waals surface area contributed by atoms with Crippen molar-refractivity contribution < 1.29 is 8.42 Å². The van der Waals surface area contributed by atoms with Gasteiger partial charge in [0, 0.05) is 6.04 Å². The minimum Gasteiger partial charge on any atom is -0.317 e. The molecule has 2 aliphatic rings. The molecule has 2 N–H and O–H groups in total. The van der Waals surface area contributed by atoms with Crippen molar-refractivity contribution in [2.75, 3.05) is 19.3 Å². The Morgan fingerprint density at radius 1 is 1.23 bits per heavy atom. The van der Waals surface area contributed by atoms with E-state index in [1.165, 1.54) is 6.26 Å². The third-order valence-electron chi connectivity index (χ3n) is 2.99. The summed E-state index contributed by atoms with van der Waals surface area (Å²) in [6.45, 7) is 2.06. The molecular formula is C8H16N2O2S. The number of rotatable bonds is 2. The maximum Gasteiger partial charge on any atom is 0.208 e. The number of nitrogens with one attached hydrogen (secondary N) is 2. The quantitative estimate of drug-likeness (QED) is 0.639. The summed E-state index contributed by atoms with van der Waals surface area (Å²) in [5.41, 5.74) is 0. The maximum absolute atomic E-state index is 11.0. The first-order valence-electron chi connectivity index (χ1n) is 4.76. The molecule has 1 aliphatic heterocycles. The fraction of sp³-hybridized carbons (Fsp3) is 1.00. The highest BCUT2D eigenvalue weighted by Crippen LogP contribution is 2.45. The van der Waals surface area contributed by atoms with Crippen LogP contribution < -0.4 is 10.0 Å². The second-order valence-electron chi connectivity index (χ2n) is 4.07. The van der Waals surface area contributed by atoms with Crippen molar-refractivity contribution in [3.63, 3.8) is 0 Å². The highest BCUT2D eigenvalue weighted by molar-refractivity contribution is 7.88. The fourth-order valence-corrected chi connectivity index (χ4v) is 3.16. The van der Waals surface area contributed by atoms with Crippen LogP contribution in [0.5, 0.6) is 0 Å². The third-order valence-corrected chi connectivity index (χ3v) is 3.69. The van der Waals surface area contributed by atoms with Gasteiger partial charge in [0.15, 0.2) is 0 Å². The Morgan fingerprint density at radius 3 is 2.23 bits per heavy atom. The minimum absolute atomic E-state index is 0.233. The van der Waals surface area contributed by atoms with E-state index in [0.717, 1.165) is 25.9 Å². The summed E-state index contributed by atoms with van der Waals surface area (Å²) in [6.07, 6.45) is 3.46. The molecule has 3 atom stereocenters. The van der Waals surface area contributed by atoms with Crippen LogP contribution in [-0.2, 0) is 10.0 Å². The Morgan fingerprint density at radius 2 is 1.77 bits per heavy atom. The molecule has 1 aliphatic carbocycles. The zero-order valence-electron chi connectivity index (χ0n) is 7.79. The van der Waals surface area contributed by atoms with E-state index in [1.807, 2.05) is 0 Å². The summed E-state index contributed by atoms with van der Waals surface area (Å²) >= 11 is 0. The molecule has 0 aromatic rings. The lowest BCUT2D eigenvalue weighted by Crippen LogP contribution is -2.28. The molecule has 1 unspecified atom stereocenters. The predicted molar refractivity (Wildman–Crippen MR) is 50.9 cm³/mol. The van der Waals surface area contributed by atoms with E-state index < -0.39 is 10.0 Å². The molecule has 0 bridgehead atoms. The van der Waals surface area contributed by atoms with Gasteiger partial charge in [-0.05, 0) is 37.8 Å². The van der Waals surface area contributed by atoms with Crippen LogP contribution in [-0.4, -0.2) is 33.8 Å². The highest BCUT2D eigenvalue weighted by atomic mass is 32.2. The zero-order chi connectivity index (χ0) is 9.47. The molecule has 1 saturated heterocycles. The second-order valence-corrected chi connectivity index (χ2v) is 5.85. The first kappa shape index (κ1) is 9.43. The smallest absolute Gasteiger partial charge is 0.208 e. The molecule has 76 valence electrons. The van der Waals surface area contributed by atoms with E-state index in [0.29, 0.717) is 11.8 Å². The van der Waals surface area contributed by atoms with Crippen LogP contribution in [0.1, 0.15) is 12.8 Å². The summed E-state index contributed by atoms with van der Waals surface area (Å²) in [5, 5.41) is 3.31. The molecule has 0 spiro atoms. The van der Waals surface area contributed by atoms with Crippen LogP contribution in [0.4, 0.5) is 0 Å². The van der Waals surface area contributed by atoms with Crippen molar-refractivity contribution in [2.24, 2.45) is 11.8 Å². The van der Waals surface area contributed by atoms with Gasteiger partial charge >= 0.3 is 0 Å². The number of fused-ring (bicyclic) bond motifs is 1. The van der Waals surface area contributed by atoms with Gasteiger partial charge in [0.05, 0.1) is 6.26 Å². The topological polar surface area (TPSA) is 58.2 Å². The van der Waals surface area contributed by atoms with Gasteiger partial charge < -0.3 is 5.32 Å². The first-order valence-corrected chi connectivity index (χ1v) is 6.65. The van der Waals surface area contributed by atoms with E-state index >= 15 is 0 Å². The molecule has 0 amide bonds. The summed E-state index contributed by atoms with van der Waals surface area (Å²) in [4.78, 5) is 0. The molecule has 2 rings (SSSR count). The summed E-state index contributed by atoms with van der Waals surface area (Å²) in [7, 11) is -3.00. The molecule has 5 heteroatoms. The van der Waals surface area contributed by atoms with Gasteiger partial charge in [0.1, 0.15) is 0 Å². The molecule has 0 radical (unpaired) electrons. The van der Waals surface area contributed by atoms with Gasteiger partial charge in [0.25, 0.3) is 0 Å². The third kappa shape index (κ3) is 2.21. The standard InChI is InChI=1S/C8H16N2O2S/c1-13(11,12)10-8-6-2-4-9-5-3-7(6)8/h6-10H,2-5H2,1H3/t6-,7+,8?. The van der Waals surface area contributed by atoms with Crippen molar-refractivity contribution in [2.45, 2.75) is 18.9 Å². The monoisotopic (exact) mass is 204 g/mol. The van der Waals surface area contributed by atoms with Crippen LogP contribution in [0.3, 0.4) is 0 Å². The van der Waals surface area contributed by atoms with Crippen molar-refractivity contribution in [1.82, 2.24) is 10.0 Å². The van der Waals surface area contributed by atoms with Crippen LogP contribution in [0.2, 0.25) is 0 Å². The van der Waals surface area contributed by atoms with Crippen molar-refractivity contribution >= 4 is 10.0 Å². The lowest BCUT2D eigenvalue weighted by molar-refractivity contribution is 0.567. The van der Waals surface area contributed by atoms with Crippen LogP contribution in [0.25, 0.3) is 0 Å². The van der Waals surface area contributed by atoms with Gasteiger partial charge in [-0.15, -0.1) is 0 Å². The Bertz CT molecular complexity index is 277. The molecule has 1 heterocycles. The predicted octanol–water partition coefficient (Wildman–Crippen LogP) is -0.466. The van der Waals surface area contributed by atoms with Crippen molar-refractivity contribution in [3.8, 4) is 0 Å². The van der Waals surface area contributed by atoms with E-state index in [2.05, 4.69) is 10.0 Å². The minimum atomic E-state index is -3.00. The molecule has 13 heavy (non-hydrogen) atoms. The van der Waals surface area contributed by atoms with Gasteiger partial charge in [-0.2, -0.15) is 0 Å². The van der Waals surface area contributed by atoms with Gasteiger partial charge in [-0.3, -0.25) is 0 Å². The Kier molecular flexibility index (Phi) is 2.33. The van der Waals surface area contributed by atoms with Gasteiger partial charge in [-0.1, -0.05) is 0 Å². The Balaban J connectivity index is 1.92. The Labute approximate surface area is 79.1 Å². The molecular weight excluding hydrogens is 188 g/mol. The highest BCUT2D eigenvalue weighted by Gasteiger charge is 2.50. The normalized spacial score (nSPS) is 39.3. The average molecular weight is 204 g/mol. The lowest BCUT2D eigenvalue weighted by atomic mass is 10.2. The average Bonchev–Trinajstić information content (AvgIpc) is 2.65. The van der Waals surface area contributed by atoms with Gasteiger partial charge in [-0.25, -0.2) is 13.1 Å². The van der Waals surface area contributed by atoms with Crippen LogP contribution >= 0.6 is 0 Å². The summed E-state index contributed by atoms with van der Waals surface area (Å²) < 4.78 is 24.7. The van der Waals surface area contributed by atoms with Crippen LogP contribution in [0, 0.1) is 11.8 Å². The second kappa shape index (κ2) is 3.22. The van der Waals surface area contributed by atoms with E-state index in [-0.39, 0.29) is 6.04 Å². The largest absolute Gasteiger partial charge is 0.317 e. The summed E-state index contributed by atoms with van der Waals surface area (Å²) in [6, 6.07) is 0.233. The molecule has 4 nitrogen and oxygen atoms in total.